The number of H-pyrrole nitrogens is 1. The molecule has 3 aromatic heterocycles. The molecule has 0 saturated heterocycles. The number of rotatable bonds is 2. The lowest BCUT2D eigenvalue weighted by atomic mass is 10.2. The standard InChI is InChI=1S/C14H10N4S/c1-2-4-11-10(3-1)14-12(6-15-11)17-13(18-14)5-9-7-19-8-16-9/h1-4,6-8H,5H2,(H,17,18). The van der Waals surface area contributed by atoms with Gasteiger partial charge in [-0.1, -0.05) is 18.2 Å². The molecule has 0 fully saturated rings. The summed E-state index contributed by atoms with van der Waals surface area (Å²) in [4.78, 5) is 16.7. The number of nitrogens with one attached hydrogen (secondary N) is 1. The van der Waals surface area contributed by atoms with Crippen molar-refractivity contribution in [2.24, 2.45) is 0 Å². The van der Waals surface area contributed by atoms with Gasteiger partial charge in [0.25, 0.3) is 0 Å². The summed E-state index contributed by atoms with van der Waals surface area (Å²) in [5.41, 5.74) is 5.82. The highest BCUT2D eigenvalue weighted by molar-refractivity contribution is 7.07. The van der Waals surface area contributed by atoms with Gasteiger partial charge in [0.05, 0.1) is 34.0 Å². The molecule has 0 radical (unpaired) electrons. The van der Waals surface area contributed by atoms with E-state index in [9.17, 15) is 0 Å². The monoisotopic (exact) mass is 266 g/mol. The van der Waals surface area contributed by atoms with Crippen LogP contribution in [-0.4, -0.2) is 19.9 Å². The van der Waals surface area contributed by atoms with Crippen molar-refractivity contribution in [1.82, 2.24) is 19.9 Å². The van der Waals surface area contributed by atoms with E-state index in [1.54, 1.807) is 11.3 Å². The molecule has 0 aliphatic rings. The molecule has 4 aromatic rings. The van der Waals surface area contributed by atoms with E-state index in [4.69, 9.17) is 0 Å². The van der Waals surface area contributed by atoms with Crippen molar-refractivity contribution in [3.63, 3.8) is 0 Å². The highest BCUT2D eigenvalue weighted by Crippen LogP contribution is 2.22. The van der Waals surface area contributed by atoms with Crippen LogP contribution < -0.4 is 0 Å². The maximum Gasteiger partial charge on any atom is 0.113 e. The average Bonchev–Trinajstić information content (AvgIpc) is 3.08. The van der Waals surface area contributed by atoms with Gasteiger partial charge < -0.3 is 4.98 Å². The van der Waals surface area contributed by atoms with Gasteiger partial charge in [-0.25, -0.2) is 9.97 Å². The minimum absolute atomic E-state index is 0.729. The third-order valence-electron chi connectivity index (χ3n) is 3.10. The third-order valence-corrected chi connectivity index (χ3v) is 3.74. The van der Waals surface area contributed by atoms with Crippen LogP contribution in [0.25, 0.3) is 21.9 Å². The van der Waals surface area contributed by atoms with Gasteiger partial charge in [-0.15, -0.1) is 11.3 Å². The zero-order valence-electron chi connectivity index (χ0n) is 10.00. The summed E-state index contributed by atoms with van der Waals surface area (Å²) < 4.78 is 0. The molecule has 5 heteroatoms. The molecule has 19 heavy (non-hydrogen) atoms. The predicted molar refractivity (Wildman–Crippen MR) is 76.3 cm³/mol. The van der Waals surface area contributed by atoms with E-state index in [0.29, 0.717) is 0 Å². The Hall–Kier alpha value is -2.27. The van der Waals surface area contributed by atoms with Gasteiger partial charge >= 0.3 is 0 Å². The molecule has 0 atom stereocenters. The predicted octanol–water partition coefficient (Wildman–Crippen LogP) is 3.16. The van der Waals surface area contributed by atoms with E-state index in [1.807, 2.05) is 35.3 Å². The molecule has 3 heterocycles. The molecule has 0 aliphatic carbocycles. The number of hydrogen-bond donors (Lipinski definition) is 1. The van der Waals surface area contributed by atoms with Gasteiger partial charge in [0.15, 0.2) is 0 Å². The smallest absolute Gasteiger partial charge is 0.113 e. The summed E-state index contributed by atoms with van der Waals surface area (Å²) in [5, 5.41) is 3.13. The number of aromatic nitrogens is 4. The van der Waals surface area contributed by atoms with Gasteiger partial charge in [-0.05, 0) is 6.07 Å². The van der Waals surface area contributed by atoms with Crippen LogP contribution in [0.2, 0.25) is 0 Å². The molecule has 0 saturated carbocycles. The minimum atomic E-state index is 0.729. The normalized spacial score (nSPS) is 11.4. The lowest BCUT2D eigenvalue weighted by Crippen LogP contribution is -1.89. The SMILES string of the molecule is c1ccc2c(c1)ncc1[nH]c(Cc3cscn3)nc12. The largest absolute Gasteiger partial charge is 0.340 e. The molecule has 0 bridgehead atoms. The van der Waals surface area contributed by atoms with Crippen molar-refractivity contribution in [3.8, 4) is 0 Å². The van der Waals surface area contributed by atoms with Gasteiger partial charge in [-0.3, -0.25) is 4.98 Å². The minimum Gasteiger partial charge on any atom is -0.340 e. The number of imidazole rings is 1. The first-order chi connectivity index (χ1) is 9.40. The first kappa shape index (κ1) is 10.6. The first-order valence-corrected chi connectivity index (χ1v) is 6.94. The molecule has 0 aliphatic heterocycles. The molecule has 4 nitrogen and oxygen atoms in total. The van der Waals surface area contributed by atoms with Crippen LogP contribution >= 0.6 is 11.3 Å². The Labute approximate surface area is 113 Å². The Bertz CT molecular complexity index is 848. The Morgan fingerprint density at radius 1 is 1.16 bits per heavy atom. The van der Waals surface area contributed by atoms with Crippen LogP contribution in [-0.2, 0) is 6.42 Å². The van der Waals surface area contributed by atoms with Crippen molar-refractivity contribution >= 4 is 33.3 Å². The second-order valence-electron chi connectivity index (χ2n) is 4.38. The lowest BCUT2D eigenvalue weighted by Gasteiger charge is -1.95. The van der Waals surface area contributed by atoms with Crippen LogP contribution in [0.5, 0.6) is 0 Å². The number of para-hydroxylation sites is 1. The summed E-state index contributed by atoms with van der Waals surface area (Å²) in [5.74, 6) is 0.930. The molecule has 1 N–H and O–H groups in total. The number of pyridine rings is 1. The summed E-state index contributed by atoms with van der Waals surface area (Å²) in [6.07, 6.45) is 2.57. The zero-order chi connectivity index (χ0) is 12.7. The van der Waals surface area contributed by atoms with E-state index in [0.717, 1.165) is 39.9 Å². The second kappa shape index (κ2) is 4.13. The van der Waals surface area contributed by atoms with Crippen LogP contribution in [0, 0.1) is 0 Å². The number of hydrogen-bond acceptors (Lipinski definition) is 4. The summed E-state index contributed by atoms with van der Waals surface area (Å²) in [7, 11) is 0. The molecule has 92 valence electrons. The molecule has 0 amide bonds. The van der Waals surface area contributed by atoms with Gasteiger partial charge in [-0.2, -0.15) is 0 Å². The van der Waals surface area contributed by atoms with Gasteiger partial charge in [0.2, 0.25) is 0 Å². The number of nitrogens with zero attached hydrogens (tertiary/aromatic N) is 3. The average molecular weight is 266 g/mol. The molecule has 4 rings (SSSR count). The Morgan fingerprint density at radius 2 is 2.11 bits per heavy atom. The fourth-order valence-electron chi connectivity index (χ4n) is 2.24. The fourth-order valence-corrected chi connectivity index (χ4v) is 2.80. The Balaban J connectivity index is 1.88. The maximum atomic E-state index is 4.68. The molecule has 1 aromatic carbocycles. The number of benzene rings is 1. The second-order valence-corrected chi connectivity index (χ2v) is 5.10. The Kier molecular flexibility index (Phi) is 2.31. The zero-order valence-corrected chi connectivity index (χ0v) is 10.8. The highest BCUT2D eigenvalue weighted by Gasteiger charge is 2.08. The topological polar surface area (TPSA) is 54.5 Å². The molecule has 0 unspecified atom stereocenters. The van der Waals surface area contributed by atoms with E-state index in [-0.39, 0.29) is 0 Å². The first-order valence-electron chi connectivity index (χ1n) is 5.99. The third kappa shape index (κ3) is 1.79. The number of thiazole rings is 1. The van der Waals surface area contributed by atoms with E-state index in [1.165, 1.54) is 0 Å². The number of aromatic amines is 1. The summed E-state index contributed by atoms with van der Waals surface area (Å²) in [6, 6.07) is 8.06. The summed E-state index contributed by atoms with van der Waals surface area (Å²) >= 11 is 1.60. The van der Waals surface area contributed by atoms with Crippen LogP contribution in [0.3, 0.4) is 0 Å². The van der Waals surface area contributed by atoms with Crippen LogP contribution in [0.15, 0.2) is 41.4 Å². The Morgan fingerprint density at radius 3 is 3.00 bits per heavy atom. The van der Waals surface area contributed by atoms with Crippen molar-refractivity contribution < 1.29 is 0 Å². The van der Waals surface area contributed by atoms with Crippen molar-refractivity contribution in [3.05, 3.63) is 52.9 Å². The van der Waals surface area contributed by atoms with Gasteiger partial charge in [0, 0.05) is 17.2 Å². The van der Waals surface area contributed by atoms with E-state index < -0.39 is 0 Å². The highest BCUT2D eigenvalue weighted by atomic mass is 32.1. The maximum absolute atomic E-state index is 4.68. The van der Waals surface area contributed by atoms with E-state index >= 15 is 0 Å². The van der Waals surface area contributed by atoms with Gasteiger partial charge in [0.1, 0.15) is 5.82 Å². The molecular formula is C14H10N4S. The van der Waals surface area contributed by atoms with Crippen molar-refractivity contribution in [2.45, 2.75) is 6.42 Å². The van der Waals surface area contributed by atoms with Crippen molar-refractivity contribution in [2.75, 3.05) is 0 Å². The number of fused-ring (bicyclic) bond motifs is 3. The summed E-state index contributed by atoms with van der Waals surface area (Å²) in [6.45, 7) is 0. The molecule has 0 spiro atoms. The van der Waals surface area contributed by atoms with Crippen LogP contribution in [0.1, 0.15) is 11.5 Å². The fraction of sp³-hybridized carbons (Fsp3) is 0.0714. The lowest BCUT2D eigenvalue weighted by molar-refractivity contribution is 1.00. The molecular weight excluding hydrogens is 256 g/mol. The quantitative estimate of drug-likeness (QED) is 0.606. The van der Waals surface area contributed by atoms with Crippen molar-refractivity contribution in [1.29, 1.82) is 0 Å². The van der Waals surface area contributed by atoms with E-state index in [2.05, 4.69) is 26.0 Å². The van der Waals surface area contributed by atoms with Crippen LogP contribution in [0.4, 0.5) is 0 Å².